The van der Waals surface area contributed by atoms with Gasteiger partial charge in [-0.2, -0.15) is 0 Å². The maximum Gasteiger partial charge on any atom is 0.343 e. The van der Waals surface area contributed by atoms with E-state index >= 15 is 0 Å². The largest absolute Gasteiger partial charge is 0.504 e. The molecular formula is C24H22O8. The van der Waals surface area contributed by atoms with Crippen LogP contribution in [0.15, 0.2) is 54.6 Å². The monoisotopic (exact) mass is 438 g/mol. The highest BCUT2D eigenvalue weighted by molar-refractivity contribution is 5.94. The molecule has 0 aliphatic rings. The molecule has 0 bridgehead atoms. The van der Waals surface area contributed by atoms with E-state index in [1.54, 1.807) is 31.2 Å². The number of carbonyl (C=O) groups is 2. The van der Waals surface area contributed by atoms with Gasteiger partial charge in [0.1, 0.15) is 12.4 Å². The van der Waals surface area contributed by atoms with Gasteiger partial charge in [-0.15, -0.1) is 0 Å². The van der Waals surface area contributed by atoms with Crippen LogP contribution in [0.2, 0.25) is 0 Å². The van der Waals surface area contributed by atoms with E-state index in [2.05, 4.69) is 0 Å². The molecule has 0 aliphatic heterocycles. The third-order valence-electron chi connectivity index (χ3n) is 4.76. The van der Waals surface area contributed by atoms with E-state index in [4.69, 9.17) is 18.9 Å². The van der Waals surface area contributed by atoms with Crippen LogP contribution in [-0.2, 0) is 11.3 Å². The molecule has 3 aromatic carbocycles. The standard InChI is InChI=1S/C24H22O8/c1-14-17(9-11-19(26)22(14)30-3)24(28)32-20-7-5-4-6-16(20)13-31-23(27)15-8-10-18(25)21(12-15)29-2/h4-12,25-26H,13H2,1-3H3. The number of methoxy groups -OCH3 is 2. The molecule has 0 unspecified atom stereocenters. The molecule has 32 heavy (non-hydrogen) atoms. The number of ether oxygens (including phenoxy) is 4. The predicted octanol–water partition coefficient (Wildman–Crippen LogP) is 4.00. The molecule has 0 aliphatic carbocycles. The first-order valence-electron chi connectivity index (χ1n) is 9.56. The second-order valence-electron chi connectivity index (χ2n) is 6.75. The second kappa shape index (κ2) is 9.74. The van der Waals surface area contributed by atoms with Crippen LogP contribution in [0, 0.1) is 6.92 Å². The minimum atomic E-state index is -0.650. The number of para-hydroxylation sites is 1. The van der Waals surface area contributed by atoms with Crippen LogP contribution in [0.5, 0.6) is 28.7 Å². The van der Waals surface area contributed by atoms with Gasteiger partial charge in [0, 0.05) is 11.1 Å². The highest BCUT2D eigenvalue weighted by atomic mass is 16.5. The van der Waals surface area contributed by atoms with Gasteiger partial charge in [0.15, 0.2) is 23.0 Å². The number of aromatic hydroxyl groups is 2. The molecule has 3 aromatic rings. The zero-order valence-corrected chi connectivity index (χ0v) is 17.7. The zero-order valence-electron chi connectivity index (χ0n) is 17.7. The number of rotatable bonds is 7. The van der Waals surface area contributed by atoms with Crippen LogP contribution in [-0.4, -0.2) is 36.4 Å². The van der Waals surface area contributed by atoms with E-state index in [1.165, 1.54) is 44.6 Å². The first kappa shape index (κ1) is 22.5. The molecule has 0 aromatic heterocycles. The third kappa shape index (κ3) is 4.75. The summed E-state index contributed by atoms with van der Waals surface area (Å²) in [5.74, 6) is -0.909. The Labute approximate surface area is 184 Å². The van der Waals surface area contributed by atoms with E-state index in [-0.39, 0.29) is 46.5 Å². The second-order valence-corrected chi connectivity index (χ2v) is 6.75. The van der Waals surface area contributed by atoms with E-state index in [9.17, 15) is 19.8 Å². The Morgan fingerprint density at radius 2 is 1.56 bits per heavy atom. The van der Waals surface area contributed by atoms with Gasteiger partial charge in [-0.25, -0.2) is 9.59 Å². The molecule has 2 N–H and O–H groups in total. The van der Waals surface area contributed by atoms with Gasteiger partial charge in [-0.3, -0.25) is 0 Å². The smallest absolute Gasteiger partial charge is 0.343 e. The number of hydrogen-bond acceptors (Lipinski definition) is 8. The van der Waals surface area contributed by atoms with Crippen molar-refractivity contribution in [1.82, 2.24) is 0 Å². The van der Waals surface area contributed by atoms with Crippen molar-refractivity contribution in [2.24, 2.45) is 0 Å². The molecule has 0 amide bonds. The van der Waals surface area contributed by atoms with E-state index in [1.807, 2.05) is 0 Å². The van der Waals surface area contributed by atoms with Crippen LogP contribution < -0.4 is 14.2 Å². The molecule has 166 valence electrons. The van der Waals surface area contributed by atoms with Crippen molar-refractivity contribution >= 4 is 11.9 Å². The van der Waals surface area contributed by atoms with Crippen LogP contribution in [0.4, 0.5) is 0 Å². The van der Waals surface area contributed by atoms with Crippen LogP contribution in [0.3, 0.4) is 0 Å². The summed E-state index contributed by atoms with van der Waals surface area (Å²) < 4.78 is 21.0. The Bertz CT molecular complexity index is 1150. The van der Waals surface area contributed by atoms with E-state index in [0.29, 0.717) is 11.1 Å². The summed E-state index contributed by atoms with van der Waals surface area (Å²) >= 11 is 0. The average Bonchev–Trinajstić information content (AvgIpc) is 2.78. The van der Waals surface area contributed by atoms with Gasteiger partial charge < -0.3 is 29.2 Å². The lowest BCUT2D eigenvalue weighted by Gasteiger charge is -2.14. The number of hydrogen-bond donors (Lipinski definition) is 2. The normalized spacial score (nSPS) is 10.3. The predicted molar refractivity (Wildman–Crippen MR) is 115 cm³/mol. The molecule has 8 nitrogen and oxygen atoms in total. The molecule has 0 atom stereocenters. The molecule has 8 heteroatoms. The van der Waals surface area contributed by atoms with Crippen LogP contribution in [0.25, 0.3) is 0 Å². The first-order chi connectivity index (χ1) is 15.3. The fourth-order valence-corrected chi connectivity index (χ4v) is 3.06. The highest BCUT2D eigenvalue weighted by Gasteiger charge is 2.19. The minimum absolute atomic E-state index is 0.0836. The van der Waals surface area contributed by atoms with Gasteiger partial charge >= 0.3 is 11.9 Å². The van der Waals surface area contributed by atoms with Crippen molar-refractivity contribution < 1.29 is 38.7 Å². The fraction of sp³-hybridized carbons (Fsp3) is 0.167. The number of phenolic OH excluding ortho intramolecular Hbond substituents is 2. The summed E-state index contributed by atoms with van der Waals surface area (Å²) in [6.07, 6.45) is 0. The van der Waals surface area contributed by atoms with Gasteiger partial charge in [0.25, 0.3) is 0 Å². The summed E-state index contributed by atoms with van der Waals surface area (Å²) in [4.78, 5) is 25.1. The molecule has 0 saturated carbocycles. The fourth-order valence-electron chi connectivity index (χ4n) is 3.06. The highest BCUT2D eigenvalue weighted by Crippen LogP contribution is 2.32. The maximum atomic E-state index is 12.7. The van der Waals surface area contributed by atoms with Gasteiger partial charge in [0.05, 0.1) is 25.3 Å². The van der Waals surface area contributed by atoms with Crippen molar-refractivity contribution in [3.8, 4) is 28.7 Å². The Kier molecular flexibility index (Phi) is 6.84. The van der Waals surface area contributed by atoms with Crippen molar-refractivity contribution in [2.45, 2.75) is 13.5 Å². The summed E-state index contributed by atoms with van der Waals surface area (Å²) in [5, 5.41) is 19.5. The van der Waals surface area contributed by atoms with E-state index < -0.39 is 11.9 Å². The zero-order chi connectivity index (χ0) is 23.3. The number of benzene rings is 3. The van der Waals surface area contributed by atoms with Crippen molar-refractivity contribution in [3.05, 3.63) is 76.9 Å². The maximum absolute atomic E-state index is 12.7. The lowest BCUT2D eigenvalue weighted by molar-refractivity contribution is 0.0469. The summed E-state index contributed by atoms with van der Waals surface area (Å²) in [6.45, 7) is 1.48. The molecule has 0 spiro atoms. The number of phenols is 2. The Balaban J connectivity index is 1.75. The summed E-state index contributed by atoms with van der Waals surface area (Å²) in [6, 6.07) is 13.5. The third-order valence-corrected chi connectivity index (χ3v) is 4.76. The molecule has 3 rings (SSSR count). The van der Waals surface area contributed by atoms with Gasteiger partial charge in [-0.1, -0.05) is 18.2 Å². The van der Waals surface area contributed by atoms with Crippen LogP contribution >= 0.6 is 0 Å². The number of carbonyl (C=O) groups excluding carboxylic acids is 2. The van der Waals surface area contributed by atoms with Gasteiger partial charge in [-0.05, 0) is 43.3 Å². The molecule has 0 heterocycles. The summed E-state index contributed by atoms with van der Waals surface area (Å²) in [7, 11) is 2.77. The Morgan fingerprint density at radius 3 is 2.28 bits per heavy atom. The molecule has 0 fully saturated rings. The average molecular weight is 438 g/mol. The van der Waals surface area contributed by atoms with E-state index in [0.717, 1.165) is 0 Å². The van der Waals surface area contributed by atoms with Crippen molar-refractivity contribution in [3.63, 3.8) is 0 Å². The Hall–Kier alpha value is -4.20. The summed E-state index contributed by atoms with van der Waals surface area (Å²) in [5.41, 5.74) is 1.33. The molecule has 0 radical (unpaired) electrons. The quantitative estimate of drug-likeness (QED) is 0.421. The minimum Gasteiger partial charge on any atom is -0.504 e. The van der Waals surface area contributed by atoms with Crippen molar-refractivity contribution in [1.29, 1.82) is 0 Å². The van der Waals surface area contributed by atoms with Crippen molar-refractivity contribution in [2.75, 3.05) is 14.2 Å². The lowest BCUT2D eigenvalue weighted by atomic mass is 10.1. The SMILES string of the molecule is COc1cc(C(=O)OCc2ccccc2OC(=O)c2ccc(O)c(OC)c2C)ccc1O. The van der Waals surface area contributed by atoms with Crippen LogP contribution in [0.1, 0.15) is 31.8 Å². The van der Waals surface area contributed by atoms with Gasteiger partial charge in [0.2, 0.25) is 0 Å². The Morgan fingerprint density at radius 1 is 0.844 bits per heavy atom. The first-order valence-corrected chi connectivity index (χ1v) is 9.56. The topological polar surface area (TPSA) is 112 Å². The molecular weight excluding hydrogens is 416 g/mol. The lowest BCUT2D eigenvalue weighted by Crippen LogP contribution is -2.13. The number of esters is 2. The molecule has 0 saturated heterocycles.